The number of hydrogen-bond acceptors (Lipinski definition) is 5. The van der Waals surface area contributed by atoms with E-state index in [-0.39, 0.29) is 17.9 Å². The first kappa shape index (κ1) is 12.9. The van der Waals surface area contributed by atoms with Crippen molar-refractivity contribution in [1.82, 2.24) is 9.78 Å². The molecule has 1 saturated carbocycles. The highest BCUT2D eigenvalue weighted by Gasteiger charge is 2.26. The molecule has 1 aliphatic carbocycles. The van der Waals surface area contributed by atoms with Gasteiger partial charge in [0.15, 0.2) is 5.69 Å². The third-order valence-corrected chi connectivity index (χ3v) is 3.24. The van der Waals surface area contributed by atoms with Crippen LogP contribution in [0.25, 0.3) is 0 Å². The van der Waals surface area contributed by atoms with Crippen molar-refractivity contribution in [2.75, 3.05) is 12.8 Å². The SMILES string of the molecule is COC1CCCC(OC(=O)c2nn(C)cc2N)C1. The summed E-state index contributed by atoms with van der Waals surface area (Å²) < 4.78 is 12.2. The summed E-state index contributed by atoms with van der Waals surface area (Å²) in [5, 5.41) is 4.00. The number of nitrogens with two attached hydrogens (primary N) is 1. The zero-order chi connectivity index (χ0) is 13.1. The molecule has 1 fully saturated rings. The Balaban J connectivity index is 1.97. The van der Waals surface area contributed by atoms with Gasteiger partial charge >= 0.3 is 5.97 Å². The van der Waals surface area contributed by atoms with Gasteiger partial charge in [-0.05, 0) is 19.3 Å². The number of esters is 1. The Morgan fingerprint density at radius 1 is 1.50 bits per heavy atom. The molecule has 18 heavy (non-hydrogen) atoms. The van der Waals surface area contributed by atoms with Crippen molar-refractivity contribution in [3.63, 3.8) is 0 Å². The second-order valence-electron chi connectivity index (χ2n) is 4.66. The monoisotopic (exact) mass is 253 g/mol. The third kappa shape index (κ3) is 2.81. The molecule has 6 heteroatoms. The summed E-state index contributed by atoms with van der Waals surface area (Å²) in [5.74, 6) is -0.449. The molecule has 0 saturated heterocycles. The predicted octanol–water partition coefficient (Wildman–Crippen LogP) is 1.12. The van der Waals surface area contributed by atoms with Gasteiger partial charge in [0.2, 0.25) is 0 Å². The van der Waals surface area contributed by atoms with Gasteiger partial charge in [0, 0.05) is 26.8 Å². The summed E-state index contributed by atoms with van der Waals surface area (Å²) in [7, 11) is 3.40. The highest BCUT2D eigenvalue weighted by Crippen LogP contribution is 2.24. The number of nitrogens with zero attached hydrogens (tertiary/aromatic N) is 2. The summed E-state index contributed by atoms with van der Waals surface area (Å²) in [5.41, 5.74) is 6.23. The lowest BCUT2D eigenvalue weighted by molar-refractivity contribution is -0.0152. The number of hydrogen-bond donors (Lipinski definition) is 1. The van der Waals surface area contributed by atoms with Crippen LogP contribution >= 0.6 is 0 Å². The minimum atomic E-state index is -0.449. The molecule has 0 radical (unpaired) electrons. The average molecular weight is 253 g/mol. The van der Waals surface area contributed by atoms with Gasteiger partial charge in [-0.25, -0.2) is 4.79 Å². The maximum absolute atomic E-state index is 11.9. The normalized spacial score (nSPS) is 23.9. The zero-order valence-corrected chi connectivity index (χ0v) is 10.8. The van der Waals surface area contributed by atoms with E-state index >= 15 is 0 Å². The second kappa shape index (κ2) is 5.39. The van der Waals surface area contributed by atoms with E-state index in [1.165, 1.54) is 4.68 Å². The first-order chi connectivity index (χ1) is 8.60. The molecule has 2 rings (SSSR count). The van der Waals surface area contributed by atoms with Gasteiger partial charge in [-0.15, -0.1) is 0 Å². The molecule has 0 amide bonds. The Morgan fingerprint density at radius 2 is 2.22 bits per heavy atom. The van der Waals surface area contributed by atoms with Gasteiger partial charge < -0.3 is 15.2 Å². The van der Waals surface area contributed by atoms with Crippen molar-refractivity contribution in [2.45, 2.75) is 37.9 Å². The summed E-state index contributed by atoms with van der Waals surface area (Å²) in [6, 6.07) is 0. The van der Waals surface area contributed by atoms with Crippen LogP contribution in [0.5, 0.6) is 0 Å². The number of carbonyl (C=O) groups is 1. The van der Waals surface area contributed by atoms with Crippen molar-refractivity contribution >= 4 is 11.7 Å². The molecule has 1 aliphatic rings. The summed E-state index contributed by atoms with van der Waals surface area (Å²) in [4.78, 5) is 11.9. The second-order valence-corrected chi connectivity index (χ2v) is 4.66. The number of anilines is 1. The molecule has 2 N–H and O–H groups in total. The van der Waals surface area contributed by atoms with Crippen molar-refractivity contribution in [3.8, 4) is 0 Å². The van der Waals surface area contributed by atoms with Crippen LogP contribution in [-0.2, 0) is 16.5 Å². The molecule has 100 valence electrons. The van der Waals surface area contributed by atoms with Gasteiger partial charge in [-0.2, -0.15) is 5.10 Å². The van der Waals surface area contributed by atoms with Crippen LogP contribution in [-0.4, -0.2) is 35.1 Å². The number of ether oxygens (including phenoxy) is 2. The Bertz CT molecular complexity index is 430. The van der Waals surface area contributed by atoms with Crippen LogP contribution < -0.4 is 5.73 Å². The van der Waals surface area contributed by atoms with Gasteiger partial charge in [0.05, 0.1) is 11.8 Å². The van der Waals surface area contributed by atoms with Crippen molar-refractivity contribution < 1.29 is 14.3 Å². The highest BCUT2D eigenvalue weighted by atomic mass is 16.5. The first-order valence-corrected chi connectivity index (χ1v) is 6.13. The molecule has 1 aromatic heterocycles. The van der Waals surface area contributed by atoms with Crippen molar-refractivity contribution in [1.29, 1.82) is 0 Å². The smallest absolute Gasteiger partial charge is 0.361 e. The van der Waals surface area contributed by atoms with Crippen LogP contribution in [0.3, 0.4) is 0 Å². The zero-order valence-electron chi connectivity index (χ0n) is 10.8. The van der Waals surface area contributed by atoms with Gasteiger partial charge in [0.1, 0.15) is 6.10 Å². The van der Waals surface area contributed by atoms with Crippen LogP contribution in [0, 0.1) is 0 Å². The summed E-state index contributed by atoms with van der Waals surface area (Å²) in [6.07, 6.45) is 5.32. The maximum Gasteiger partial charge on any atom is 0.361 e. The van der Waals surface area contributed by atoms with E-state index in [0.717, 1.165) is 25.7 Å². The quantitative estimate of drug-likeness (QED) is 0.816. The van der Waals surface area contributed by atoms with E-state index in [1.54, 1.807) is 20.4 Å². The molecule has 0 aliphatic heterocycles. The number of methoxy groups -OCH3 is 1. The molecule has 0 aromatic carbocycles. The molecule has 0 spiro atoms. The molecule has 0 bridgehead atoms. The van der Waals surface area contributed by atoms with Crippen LogP contribution in [0.4, 0.5) is 5.69 Å². The average Bonchev–Trinajstić information content (AvgIpc) is 2.69. The third-order valence-electron chi connectivity index (χ3n) is 3.24. The Morgan fingerprint density at radius 3 is 2.83 bits per heavy atom. The van der Waals surface area contributed by atoms with Crippen LogP contribution in [0.1, 0.15) is 36.2 Å². The van der Waals surface area contributed by atoms with E-state index in [9.17, 15) is 4.79 Å². The lowest BCUT2D eigenvalue weighted by atomic mass is 9.95. The molecule has 2 atom stereocenters. The van der Waals surface area contributed by atoms with Crippen LogP contribution in [0.15, 0.2) is 6.20 Å². The fourth-order valence-corrected chi connectivity index (χ4v) is 2.30. The Hall–Kier alpha value is -1.56. The molecule has 6 nitrogen and oxygen atoms in total. The summed E-state index contributed by atoms with van der Waals surface area (Å²) >= 11 is 0. The highest BCUT2D eigenvalue weighted by molar-refractivity contribution is 5.92. The lowest BCUT2D eigenvalue weighted by Gasteiger charge is -2.27. The Kier molecular flexibility index (Phi) is 3.86. The van der Waals surface area contributed by atoms with E-state index in [4.69, 9.17) is 15.2 Å². The van der Waals surface area contributed by atoms with Gasteiger partial charge in [-0.3, -0.25) is 4.68 Å². The lowest BCUT2D eigenvalue weighted by Crippen LogP contribution is -2.29. The minimum Gasteiger partial charge on any atom is -0.457 e. The van der Waals surface area contributed by atoms with E-state index < -0.39 is 5.97 Å². The van der Waals surface area contributed by atoms with Crippen LogP contribution in [0.2, 0.25) is 0 Å². The number of aryl methyl sites for hydroxylation is 1. The molecular weight excluding hydrogens is 234 g/mol. The van der Waals surface area contributed by atoms with Crippen molar-refractivity contribution in [3.05, 3.63) is 11.9 Å². The van der Waals surface area contributed by atoms with Gasteiger partial charge in [0.25, 0.3) is 0 Å². The number of rotatable bonds is 3. The molecular formula is C12H19N3O3. The maximum atomic E-state index is 11.9. The van der Waals surface area contributed by atoms with Gasteiger partial charge in [-0.1, -0.05) is 0 Å². The van der Waals surface area contributed by atoms with E-state index in [2.05, 4.69) is 5.10 Å². The fraction of sp³-hybridized carbons (Fsp3) is 0.667. The number of nitrogen functional groups attached to an aromatic ring is 1. The van der Waals surface area contributed by atoms with Crippen molar-refractivity contribution in [2.24, 2.45) is 7.05 Å². The topological polar surface area (TPSA) is 79.4 Å². The predicted molar refractivity (Wildman–Crippen MR) is 66.1 cm³/mol. The number of aromatic nitrogens is 2. The van der Waals surface area contributed by atoms with E-state index in [0.29, 0.717) is 5.69 Å². The Labute approximate surface area is 106 Å². The minimum absolute atomic E-state index is 0.0994. The summed E-state index contributed by atoms with van der Waals surface area (Å²) in [6.45, 7) is 0. The fourth-order valence-electron chi connectivity index (χ4n) is 2.30. The standard InChI is InChI=1S/C12H19N3O3/c1-15-7-10(13)11(14-15)12(16)18-9-5-3-4-8(6-9)17-2/h7-9H,3-6,13H2,1-2H3. The molecule has 1 heterocycles. The molecule has 2 unspecified atom stereocenters. The first-order valence-electron chi connectivity index (χ1n) is 6.13. The number of carbonyl (C=O) groups excluding carboxylic acids is 1. The largest absolute Gasteiger partial charge is 0.457 e. The molecule has 1 aromatic rings. The van der Waals surface area contributed by atoms with E-state index in [1.807, 2.05) is 0 Å².